The molecule has 1 atom stereocenters. The van der Waals surface area contributed by atoms with E-state index in [2.05, 4.69) is 66.2 Å². The normalized spacial score (nSPS) is 12.7. The molecule has 1 unspecified atom stereocenters. The zero-order chi connectivity index (χ0) is 13.2. The first-order valence-corrected chi connectivity index (χ1v) is 7.37. The quantitative estimate of drug-likeness (QED) is 0.735. The number of hydrogen-bond acceptors (Lipinski definition) is 2. The second-order valence-electron chi connectivity index (χ2n) is 4.82. The summed E-state index contributed by atoms with van der Waals surface area (Å²) in [4.78, 5) is 0. The number of aryl methyl sites for hydroxylation is 1. The van der Waals surface area contributed by atoms with Crippen LogP contribution in [-0.2, 0) is 0 Å². The van der Waals surface area contributed by atoms with Crippen LogP contribution in [0.15, 0.2) is 53.9 Å². The zero-order valence-electron chi connectivity index (χ0n) is 11.2. The predicted molar refractivity (Wildman–Crippen MR) is 83.9 cm³/mol. The van der Waals surface area contributed by atoms with Crippen molar-refractivity contribution in [3.05, 3.63) is 70.6 Å². The fraction of sp³-hybridized carbons (Fsp3) is 0.176. The van der Waals surface area contributed by atoms with Gasteiger partial charge >= 0.3 is 0 Å². The average molecular weight is 267 g/mol. The Bertz CT molecular complexity index is 682. The van der Waals surface area contributed by atoms with Crippen molar-refractivity contribution in [1.82, 2.24) is 5.32 Å². The monoisotopic (exact) mass is 267 g/mol. The Balaban J connectivity index is 2.11. The minimum atomic E-state index is 0.253. The maximum Gasteiger partial charge on any atom is 0.0588 e. The van der Waals surface area contributed by atoms with Gasteiger partial charge < -0.3 is 5.32 Å². The van der Waals surface area contributed by atoms with E-state index in [-0.39, 0.29) is 6.04 Å². The van der Waals surface area contributed by atoms with Crippen LogP contribution >= 0.6 is 11.3 Å². The van der Waals surface area contributed by atoms with Crippen molar-refractivity contribution in [2.24, 2.45) is 0 Å². The highest BCUT2D eigenvalue weighted by Crippen LogP contribution is 2.32. The number of fused-ring (bicyclic) bond motifs is 1. The Morgan fingerprint density at radius 2 is 1.79 bits per heavy atom. The fourth-order valence-corrected chi connectivity index (χ4v) is 3.45. The molecule has 2 aromatic carbocycles. The molecule has 96 valence electrons. The summed E-state index contributed by atoms with van der Waals surface area (Å²) in [6.07, 6.45) is 0. The molecule has 0 amide bonds. The standard InChI is InChI=1S/C17H17NS/c1-12-6-8-13(9-7-12)16(18-2)15-5-3-4-14-10-11-19-17(14)15/h3-11,16,18H,1-2H3. The minimum absolute atomic E-state index is 0.253. The predicted octanol–water partition coefficient (Wildman–Crippen LogP) is 4.52. The maximum absolute atomic E-state index is 3.44. The molecule has 1 N–H and O–H groups in total. The first-order valence-electron chi connectivity index (χ1n) is 6.49. The molecule has 0 aliphatic heterocycles. The summed E-state index contributed by atoms with van der Waals surface area (Å²) in [5.74, 6) is 0. The van der Waals surface area contributed by atoms with E-state index in [0.29, 0.717) is 0 Å². The number of rotatable bonds is 3. The Hall–Kier alpha value is -1.64. The lowest BCUT2D eigenvalue weighted by atomic mass is 9.97. The summed E-state index contributed by atoms with van der Waals surface area (Å²) in [5.41, 5.74) is 3.97. The Morgan fingerprint density at radius 3 is 2.53 bits per heavy atom. The summed E-state index contributed by atoms with van der Waals surface area (Å²) in [6.45, 7) is 2.12. The highest BCUT2D eigenvalue weighted by Gasteiger charge is 2.15. The molecule has 1 heterocycles. The van der Waals surface area contributed by atoms with E-state index in [9.17, 15) is 0 Å². The summed E-state index contributed by atoms with van der Waals surface area (Å²) in [7, 11) is 2.02. The average Bonchev–Trinajstić information content (AvgIpc) is 2.91. The van der Waals surface area contributed by atoms with E-state index in [1.807, 2.05) is 18.4 Å². The molecule has 0 aliphatic rings. The molecule has 0 aliphatic carbocycles. The van der Waals surface area contributed by atoms with Crippen molar-refractivity contribution in [1.29, 1.82) is 0 Å². The van der Waals surface area contributed by atoms with Crippen LogP contribution in [0.25, 0.3) is 10.1 Å². The second-order valence-corrected chi connectivity index (χ2v) is 5.73. The Kier molecular flexibility index (Phi) is 3.36. The molecule has 0 saturated heterocycles. The molecule has 1 aromatic heterocycles. The van der Waals surface area contributed by atoms with E-state index in [1.54, 1.807) is 0 Å². The van der Waals surface area contributed by atoms with E-state index >= 15 is 0 Å². The molecular weight excluding hydrogens is 250 g/mol. The molecule has 2 heteroatoms. The van der Waals surface area contributed by atoms with Gasteiger partial charge in [0.15, 0.2) is 0 Å². The number of nitrogens with one attached hydrogen (secondary N) is 1. The maximum atomic E-state index is 3.44. The van der Waals surface area contributed by atoms with Gasteiger partial charge in [-0.25, -0.2) is 0 Å². The smallest absolute Gasteiger partial charge is 0.0588 e. The number of hydrogen-bond donors (Lipinski definition) is 1. The van der Waals surface area contributed by atoms with Crippen molar-refractivity contribution >= 4 is 21.4 Å². The van der Waals surface area contributed by atoms with Crippen LogP contribution in [0, 0.1) is 6.92 Å². The largest absolute Gasteiger partial charge is 0.309 e. The third-order valence-corrected chi connectivity index (χ3v) is 4.50. The van der Waals surface area contributed by atoms with Crippen LogP contribution in [0.5, 0.6) is 0 Å². The van der Waals surface area contributed by atoms with Crippen molar-refractivity contribution < 1.29 is 0 Å². The molecule has 3 aromatic rings. The molecule has 0 bridgehead atoms. The lowest BCUT2D eigenvalue weighted by Gasteiger charge is -2.18. The van der Waals surface area contributed by atoms with E-state index in [1.165, 1.54) is 26.8 Å². The van der Waals surface area contributed by atoms with Crippen molar-refractivity contribution in [3.63, 3.8) is 0 Å². The molecule has 0 spiro atoms. The van der Waals surface area contributed by atoms with E-state index in [4.69, 9.17) is 0 Å². The third-order valence-electron chi connectivity index (χ3n) is 3.52. The summed E-state index contributed by atoms with van der Waals surface area (Å²) >= 11 is 1.82. The van der Waals surface area contributed by atoms with Crippen molar-refractivity contribution in [2.75, 3.05) is 7.05 Å². The van der Waals surface area contributed by atoms with Crippen LogP contribution < -0.4 is 5.32 Å². The van der Waals surface area contributed by atoms with Crippen LogP contribution in [0.4, 0.5) is 0 Å². The first-order chi connectivity index (χ1) is 9.29. The number of thiophene rings is 1. The summed E-state index contributed by atoms with van der Waals surface area (Å²) in [5, 5.41) is 6.93. The molecular formula is C17H17NS. The molecule has 19 heavy (non-hydrogen) atoms. The Morgan fingerprint density at radius 1 is 1.00 bits per heavy atom. The van der Waals surface area contributed by atoms with Gasteiger partial charge in [-0.15, -0.1) is 11.3 Å². The van der Waals surface area contributed by atoms with Gasteiger partial charge in [0.25, 0.3) is 0 Å². The van der Waals surface area contributed by atoms with Gasteiger partial charge in [0.05, 0.1) is 6.04 Å². The minimum Gasteiger partial charge on any atom is -0.309 e. The van der Waals surface area contributed by atoms with Gasteiger partial charge in [-0.2, -0.15) is 0 Å². The van der Waals surface area contributed by atoms with Crippen molar-refractivity contribution in [3.8, 4) is 0 Å². The first kappa shape index (κ1) is 12.4. The lowest BCUT2D eigenvalue weighted by molar-refractivity contribution is 0.697. The number of benzene rings is 2. The molecule has 0 saturated carbocycles. The van der Waals surface area contributed by atoms with Crippen molar-refractivity contribution in [2.45, 2.75) is 13.0 Å². The van der Waals surface area contributed by atoms with Gasteiger partial charge in [0.2, 0.25) is 0 Å². The summed E-state index contributed by atoms with van der Waals surface area (Å²) in [6, 6.07) is 17.8. The van der Waals surface area contributed by atoms with Crippen LogP contribution in [0.2, 0.25) is 0 Å². The van der Waals surface area contributed by atoms with Crippen LogP contribution in [-0.4, -0.2) is 7.05 Å². The van der Waals surface area contributed by atoms with Gasteiger partial charge in [0.1, 0.15) is 0 Å². The van der Waals surface area contributed by atoms with E-state index in [0.717, 1.165) is 0 Å². The van der Waals surface area contributed by atoms with E-state index < -0.39 is 0 Å². The van der Waals surface area contributed by atoms with Crippen LogP contribution in [0.3, 0.4) is 0 Å². The zero-order valence-corrected chi connectivity index (χ0v) is 12.0. The SMILES string of the molecule is CNC(c1ccc(C)cc1)c1cccc2ccsc12. The highest BCUT2D eigenvalue weighted by molar-refractivity contribution is 7.17. The van der Waals surface area contributed by atoms with Gasteiger partial charge in [0, 0.05) is 4.70 Å². The molecule has 1 nitrogen and oxygen atoms in total. The van der Waals surface area contributed by atoms with Gasteiger partial charge in [-0.1, -0.05) is 48.0 Å². The Labute approximate surface area is 117 Å². The van der Waals surface area contributed by atoms with Gasteiger partial charge in [-0.05, 0) is 41.9 Å². The topological polar surface area (TPSA) is 12.0 Å². The second kappa shape index (κ2) is 5.16. The molecule has 3 rings (SSSR count). The molecule has 0 fully saturated rings. The fourth-order valence-electron chi connectivity index (χ4n) is 2.50. The third kappa shape index (κ3) is 2.29. The lowest BCUT2D eigenvalue weighted by Crippen LogP contribution is -2.17. The highest BCUT2D eigenvalue weighted by atomic mass is 32.1. The van der Waals surface area contributed by atoms with Gasteiger partial charge in [-0.3, -0.25) is 0 Å². The summed E-state index contributed by atoms with van der Waals surface area (Å²) < 4.78 is 1.38. The molecule has 0 radical (unpaired) electrons. The van der Waals surface area contributed by atoms with Crippen LogP contribution in [0.1, 0.15) is 22.7 Å².